The van der Waals surface area contributed by atoms with Crippen molar-refractivity contribution < 1.29 is 23.9 Å². The van der Waals surface area contributed by atoms with Crippen LogP contribution in [0, 0.1) is 0 Å². The summed E-state index contributed by atoms with van der Waals surface area (Å²) in [6, 6.07) is 11.6. The Balaban J connectivity index is 1.63. The number of rotatable bonds is 9. The lowest BCUT2D eigenvalue weighted by Gasteiger charge is -2.14. The molecule has 0 aliphatic heterocycles. The van der Waals surface area contributed by atoms with Gasteiger partial charge < -0.3 is 24.1 Å². The number of ketones is 1. The molecular formula is C22H27N2O4+. The minimum Gasteiger partial charge on any atom is -0.497 e. The maximum atomic E-state index is 12.8. The van der Waals surface area contributed by atoms with Crippen molar-refractivity contribution in [3.8, 4) is 17.2 Å². The fourth-order valence-corrected chi connectivity index (χ4v) is 3.31. The quantitative estimate of drug-likeness (QED) is 0.556. The molecule has 1 aromatic heterocycles. The van der Waals surface area contributed by atoms with Crippen molar-refractivity contribution in [3.63, 3.8) is 0 Å². The van der Waals surface area contributed by atoms with Gasteiger partial charge in [0.15, 0.2) is 11.5 Å². The van der Waals surface area contributed by atoms with Gasteiger partial charge in [-0.1, -0.05) is 6.07 Å². The molecule has 6 heteroatoms. The van der Waals surface area contributed by atoms with Gasteiger partial charge in [0.2, 0.25) is 5.78 Å². The summed E-state index contributed by atoms with van der Waals surface area (Å²) >= 11 is 0. The van der Waals surface area contributed by atoms with E-state index >= 15 is 0 Å². The van der Waals surface area contributed by atoms with Gasteiger partial charge in [-0.25, -0.2) is 0 Å². The summed E-state index contributed by atoms with van der Waals surface area (Å²) < 4.78 is 15.9. The second-order valence-electron chi connectivity index (χ2n) is 6.86. The predicted molar refractivity (Wildman–Crippen MR) is 109 cm³/mol. The summed E-state index contributed by atoms with van der Waals surface area (Å²) in [5.74, 6) is 2.30. The number of H-pyrrole nitrogens is 1. The lowest BCUT2D eigenvalue weighted by atomic mass is 10.1. The third-order valence-electron chi connectivity index (χ3n) is 4.94. The van der Waals surface area contributed by atoms with E-state index in [4.69, 9.17) is 14.2 Å². The van der Waals surface area contributed by atoms with E-state index in [0.717, 1.165) is 51.6 Å². The number of carbonyl (C=O) groups is 1. The normalized spacial score (nSPS) is 12.0. The van der Waals surface area contributed by atoms with E-state index in [1.807, 2.05) is 43.4 Å². The molecule has 0 saturated heterocycles. The van der Waals surface area contributed by atoms with Crippen LogP contribution >= 0.6 is 0 Å². The van der Waals surface area contributed by atoms with Gasteiger partial charge in [0, 0.05) is 29.1 Å². The zero-order valence-electron chi connectivity index (χ0n) is 16.8. The Morgan fingerprint density at radius 3 is 2.50 bits per heavy atom. The average Bonchev–Trinajstić information content (AvgIpc) is 3.15. The van der Waals surface area contributed by atoms with Crippen LogP contribution in [-0.4, -0.2) is 52.2 Å². The number of Topliss-reactive ketones (excluding diaryl/α,β-unsaturated/α-hetero) is 1. The van der Waals surface area contributed by atoms with Crippen molar-refractivity contribution in [1.29, 1.82) is 0 Å². The Kier molecular flexibility index (Phi) is 6.21. The monoisotopic (exact) mass is 383 g/mol. The molecule has 0 radical (unpaired) electrons. The van der Waals surface area contributed by atoms with Gasteiger partial charge in [0.25, 0.3) is 0 Å². The van der Waals surface area contributed by atoms with Crippen LogP contribution in [0.5, 0.6) is 17.2 Å². The van der Waals surface area contributed by atoms with Gasteiger partial charge in [0.05, 0.1) is 34.9 Å². The first-order valence-electron chi connectivity index (χ1n) is 9.26. The lowest BCUT2D eigenvalue weighted by molar-refractivity contribution is -0.870. The molecule has 0 amide bonds. The molecule has 1 heterocycles. The molecule has 3 aromatic rings. The maximum Gasteiger partial charge on any atom is 0.218 e. The van der Waals surface area contributed by atoms with Crippen molar-refractivity contribution in [1.82, 2.24) is 4.98 Å². The summed E-state index contributed by atoms with van der Waals surface area (Å²) in [6.45, 7) is 1.27. The molecule has 28 heavy (non-hydrogen) atoms. The Morgan fingerprint density at radius 2 is 1.79 bits per heavy atom. The largest absolute Gasteiger partial charge is 0.497 e. The van der Waals surface area contributed by atoms with Crippen LogP contribution in [0.4, 0.5) is 0 Å². The fraction of sp³-hybridized carbons (Fsp3) is 0.318. The molecular weight excluding hydrogens is 356 g/mol. The van der Waals surface area contributed by atoms with Crippen LogP contribution in [0.25, 0.3) is 10.9 Å². The number of aromatic nitrogens is 1. The summed E-state index contributed by atoms with van der Waals surface area (Å²) in [6.07, 6.45) is 2.63. The molecule has 148 valence electrons. The number of quaternary nitrogens is 1. The van der Waals surface area contributed by atoms with Gasteiger partial charge >= 0.3 is 0 Å². The number of nitrogens with one attached hydrogen (secondary N) is 2. The summed E-state index contributed by atoms with van der Waals surface area (Å²) in [7, 11) is 6.92. The van der Waals surface area contributed by atoms with Crippen LogP contribution in [-0.2, 0) is 6.42 Å². The highest BCUT2D eigenvalue weighted by molar-refractivity contribution is 6.08. The summed E-state index contributed by atoms with van der Waals surface area (Å²) in [5, 5.41) is 0.900. The molecule has 2 N–H and O–H groups in total. The minimum atomic E-state index is 0.115. The molecule has 6 nitrogen and oxygen atoms in total. The number of likely N-dealkylation sites (N-methyl/N-ethyl adjacent to an activating group) is 1. The van der Waals surface area contributed by atoms with Crippen LogP contribution in [0.15, 0.2) is 42.6 Å². The zero-order chi connectivity index (χ0) is 20.1. The Bertz CT molecular complexity index is 964. The molecule has 0 aliphatic carbocycles. The molecule has 0 bridgehead atoms. The second kappa shape index (κ2) is 8.80. The lowest BCUT2D eigenvalue weighted by Crippen LogP contribution is -3.10. The first-order chi connectivity index (χ1) is 13.5. The molecule has 0 fully saturated rings. The van der Waals surface area contributed by atoms with Gasteiger partial charge in [-0.05, 0) is 35.9 Å². The third-order valence-corrected chi connectivity index (χ3v) is 4.94. The molecule has 1 unspecified atom stereocenters. The molecule has 0 aliphatic rings. The number of hydrogen-bond donors (Lipinski definition) is 2. The maximum absolute atomic E-state index is 12.8. The van der Waals surface area contributed by atoms with E-state index in [2.05, 4.69) is 4.98 Å². The van der Waals surface area contributed by atoms with E-state index in [9.17, 15) is 4.79 Å². The van der Waals surface area contributed by atoms with E-state index in [-0.39, 0.29) is 5.78 Å². The van der Waals surface area contributed by atoms with Gasteiger partial charge in [0.1, 0.15) is 12.3 Å². The topological polar surface area (TPSA) is 65.0 Å². The highest BCUT2D eigenvalue weighted by atomic mass is 16.5. The van der Waals surface area contributed by atoms with Gasteiger partial charge in [-0.15, -0.1) is 0 Å². The summed E-state index contributed by atoms with van der Waals surface area (Å²) in [4.78, 5) is 17.1. The number of ether oxygens (including phenoxy) is 3. The van der Waals surface area contributed by atoms with E-state index in [1.54, 1.807) is 27.5 Å². The smallest absolute Gasteiger partial charge is 0.218 e. The Morgan fingerprint density at radius 1 is 1.00 bits per heavy atom. The standard InChI is InChI=1S/C22H26N2O4/c1-24(10-9-15-5-8-21(27-3)22(11-15)28-4)14-20(25)18-13-23-19-7-6-16(26-2)12-17(18)19/h5-8,11-13,23H,9-10,14H2,1-4H3/p+1. The number of hydrogen-bond acceptors (Lipinski definition) is 4. The van der Waals surface area contributed by atoms with E-state index in [0.29, 0.717) is 12.1 Å². The van der Waals surface area contributed by atoms with Crippen molar-refractivity contribution in [2.75, 3.05) is 41.5 Å². The molecule has 0 spiro atoms. The highest BCUT2D eigenvalue weighted by Crippen LogP contribution is 2.27. The van der Waals surface area contributed by atoms with Crippen molar-refractivity contribution in [2.45, 2.75) is 6.42 Å². The van der Waals surface area contributed by atoms with Crippen molar-refractivity contribution >= 4 is 16.7 Å². The number of fused-ring (bicyclic) bond motifs is 1. The van der Waals surface area contributed by atoms with Crippen LogP contribution in [0.1, 0.15) is 15.9 Å². The summed E-state index contributed by atoms with van der Waals surface area (Å²) in [5.41, 5.74) is 2.80. The predicted octanol–water partition coefficient (Wildman–Crippen LogP) is 2.13. The number of methoxy groups -OCH3 is 3. The zero-order valence-corrected chi connectivity index (χ0v) is 16.8. The third kappa shape index (κ3) is 4.28. The molecule has 1 atom stereocenters. The van der Waals surface area contributed by atoms with E-state index in [1.165, 1.54) is 0 Å². The fourth-order valence-electron chi connectivity index (χ4n) is 3.31. The van der Waals surface area contributed by atoms with Crippen molar-refractivity contribution in [3.05, 3.63) is 53.7 Å². The second-order valence-corrected chi connectivity index (χ2v) is 6.86. The number of carbonyl (C=O) groups excluding carboxylic acids is 1. The van der Waals surface area contributed by atoms with Crippen molar-refractivity contribution in [2.24, 2.45) is 0 Å². The molecule has 0 saturated carbocycles. The van der Waals surface area contributed by atoms with Gasteiger partial charge in [-0.2, -0.15) is 0 Å². The SMILES string of the molecule is COc1ccc2[nH]cc(C(=O)C[NH+](C)CCc3ccc(OC)c(OC)c3)c2c1. The minimum absolute atomic E-state index is 0.115. The van der Waals surface area contributed by atoms with Crippen LogP contribution < -0.4 is 19.1 Å². The number of aromatic amines is 1. The number of benzene rings is 2. The van der Waals surface area contributed by atoms with Crippen LogP contribution in [0.2, 0.25) is 0 Å². The molecule has 2 aromatic carbocycles. The first kappa shape index (κ1) is 19.8. The Labute approximate surface area is 165 Å². The highest BCUT2D eigenvalue weighted by Gasteiger charge is 2.17. The van der Waals surface area contributed by atoms with Crippen LogP contribution in [0.3, 0.4) is 0 Å². The average molecular weight is 383 g/mol. The Hall–Kier alpha value is -2.99. The molecule has 3 rings (SSSR count). The first-order valence-corrected chi connectivity index (χ1v) is 9.26. The van der Waals surface area contributed by atoms with E-state index < -0.39 is 0 Å². The van der Waals surface area contributed by atoms with Gasteiger partial charge in [-0.3, -0.25) is 4.79 Å².